The topological polar surface area (TPSA) is 123 Å². The van der Waals surface area contributed by atoms with E-state index in [2.05, 4.69) is 25.6 Å². The van der Waals surface area contributed by atoms with Crippen LogP contribution in [0.1, 0.15) is 5.82 Å². The molecule has 18 heavy (non-hydrogen) atoms. The zero-order chi connectivity index (χ0) is 13.0. The molecule has 1 aliphatic rings. The maximum atomic E-state index is 9.11. The molecule has 9 heteroatoms. The van der Waals surface area contributed by atoms with Gasteiger partial charge in [0.15, 0.2) is 5.82 Å². The Labute approximate surface area is 102 Å². The molecule has 0 saturated heterocycles. The zero-order valence-electron chi connectivity index (χ0n) is 9.40. The summed E-state index contributed by atoms with van der Waals surface area (Å²) >= 11 is 0. The second kappa shape index (κ2) is 5.03. The van der Waals surface area contributed by atoms with Crippen LogP contribution in [0.2, 0.25) is 0 Å². The molecule has 2 rings (SSSR count). The van der Waals surface area contributed by atoms with Crippen molar-refractivity contribution in [1.82, 2.24) is 20.6 Å². The number of nitrogens with one attached hydrogen (secondary N) is 1. The van der Waals surface area contributed by atoms with Gasteiger partial charge in [-0.2, -0.15) is 10.5 Å². The number of aromatic nitrogens is 3. The Balaban J connectivity index is 2.30. The van der Waals surface area contributed by atoms with E-state index < -0.39 is 6.04 Å². The molecule has 0 fully saturated rings. The van der Waals surface area contributed by atoms with Crippen LogP contribution in [-0.4, -0.2) is 40.9 Å². The Morgan fingerprint density at radius 2 is 2.33 bits per heavy atom. The molecule has 90 valence electrons. The summed E-state index contributed by atoms with van der Waals surface area (Å²) in [6.45, 7) is 0.253. The van der Waals surface area contributed by atoms with Gasteiger partial charge in [0.25, 0.3) is 5.82 Å². The molecule has 0 aliphatic carbocycles. The van der Waals surface area contributed by atoms with E-state index in [0.717, 1.165) is 0 Å². The first-order valence-corrected chi connectivity index (χ1v) is 4.90. The van der Waals surface area contributed by atoms with Crippen LogP contribution in [0.25, 0.3) is 0 Å². The van der Waals surface area contributed by atoms with Crippen molar-refractivity contribution in [2.24, 2.45) is 4.99 Å². The summed E-state index contributed by atoms with van der Waals surface area (Å²) in [6, 6.07) is 3.04. The molecule has 0 aromatic carbocycles. The average Bonchev–Trinajstić information content (AvgIpc) is 2.46. The van der Waals surface area contributed by atoms with Crippen molar-refractivity contribution in [3.63, 3.8) is 0 Å². The molecule has 0 bridgehead atoms. The molecule has 1 atom stereocenters. The van der Waals surface area contributed by atoms with Crippen LogP contribution in [0.4, 0.5) is 5.82 Å². The molecule has 2 heterocycles. The fourth-order valence-corrected chi connectivity index (χ4v) is 1.41. The molecule has 0 spiro atoms. The summed E-state index contributed by atoms with van der Waals surface area (Å²) in [5.41, 5.74) is 2.86. The minimum Gasteiger partial charge on any atom is -0.482 e. The van der Waals surface area contributed by atoms with E-state index in [1.807, 2.05) is 6.07 Å². The quantitative estimate of drug-likeness (QED) is 0.664. The van der Waals surface area contributed by atoms with Crippen molar-refractivity contribution in [3.8, 4) is 12.1 Å². The minimum atomic E-state index is -0.757. The lowest BCUT2D eigenvalue weighted by Gasteiger charge is -2.30. The fraction of sp³-hybridized carbons (Fsp3) is 0.333. The maximum Gasteiger partial charge on any atom is 0.252 e. The third-order valence-electron chi connectivity index (χ3n) is 2.20. The summed E-state index contributed by atoms with van der Waals surface area (Å²) < 4.78 is 5.02. The lowest BCUT2D eigenvalue weighted by Crippen LogP contribution is -2.54. The molecular formula is C9H8N8O. The average molecular weight is 244 g/mol. The molecule has 1 aromatic heterocycles. The lowest BCUT2D eigenvalue weighted by atomic mass is 10.3. The highest BCUT2D eigenvalue weighted by Crippen LogP contribution is 2.13. The molecule has 1 aromatic rings. The van der Waals surface area contributed by atoms with Crippen LogP contribution in [-0.2, 0) is 4.74 Å². The molecule has 1 N–H and O–H groups in total. The molecule has 1 unspecified atom stereocenters. The highest BCUT2D eigenvalue weighted by molar-refractivity contribution is 5.88. The van der Waals surface area contributed by atoms with Crippen LogP contribution >= 0.6 is 0 Å². The number of ether oxygens (including phenoxy) is 1. The van der Waals surface area contributed by atoms with Crippen molar-refractivity contribution >= 4 is 11.7 Å². The summed E-state index contributed by atoms with van der Waals surface area (Å²) in [4.78, 5) is 7.79. The van der Waals surface area contributed by atoms with E-state index in [1.54, 1.807) is 6.07 Å². The second-order valence-electron chi connectivity index (χ2n) is 3.17. The SMILES string of the molecule is COC1=NCNN(c2cnc(C#N)nn2)C1C#N. The van der Waals surface area contributed by atoms with E-state index in [-0.39, 0.29) is 18.4 Å². The van der Waals surface area contributed by atoms with Crippen molar-refractivity contribution < 1.29 is 4.74 Å². The Morgan fingerprint density at radius 1 is 1.50 bits per heavy atom. The van der Waals surface area contributed by atoms with Gasteiger partial charge in [-0.15, -0.1) is 10.2 Å². The van der Waals surface area contributed by atoms with Gasteiger partial charge in [-0.3, -0.25) is 5.01 Å². The maximum absolute atomic E-state index is 9.11. The summed E-state index contributed by atoms with van der Waals surface area (Å²) in [6.07, 6.45) is 1.35. The number of rotatable bonds is 1. The number of nitrogens with zero attached hydrogens (tertiary/aromatic N) is 7. The molecule has 0 saturated carbocycles. The standard InChI is InChI=1S/C9H8N8O/c1-18-9-6(2-10)17(14-5-13-9)8-4-12-7(3-11)15-16-8/h4,6,14H,5H2,1H3. The summed E-state index contributed by atoms with van der Waals surface area (Å²) in [5.74, 6) is 0.553. The smallest absolute Gasteiger partial charge is 0.252 e. The van der Waals surface area contributed by atoms with E-state index in [9.17, 15) is 0 Å². The Bertz CT molecular complexity index is 539. The van der Waals surface area contributed by atoms with Gasteiger partial charge in [0, 0.05) is 0 Å². The number of anilines is 1. The van der Waals surface area contributed by atoms with E-state index >= 15 is 0 Å². The van der Waals surface area contributed by atoms with E-state index in [0.29, 0.717) is 5.82 Å². The number of methoxy groups -OCH3 is 1. The van der Waals surface area contributed by atoms with E-state index in [1.165, 1.54) is 18.3 Å². The highest BCUT2D eigenvalue weighted by atomic mass is 16.5. The zero-order valence-corrected chi connectivity index (χ0v) is 9.40. The van der Waals surface area contributed by atoms with Crippen molar-refractivity contribution in [1.29, 1.82) is 10.5 Å². The second-order valence-corrected chi connectivity index (χ2v) is 3.17. The van der Waals surface area contributed by atoms with Gasteiger partial charge >= 0.3 is 0 Å². The predicted octanol–water partition coefficient (Wildman–Crippen LogP) is -1.04. The minimum absolute atomic E-state index is 0.0371. The Morgan fingerprint density at radius 3 is 2.89 bits per heavy atom. The molecule has 0 radical (unpaired) electrons. The molecule has 0 amide bonds. The lowest BCUT2D eigenvalue weighted by molar-refractivity contribution is 0.368. The number of hydrogen-bond donors (Lipinski definition) is 1. The van der Waals surface area contributed by atoms with Gasteiger partial charge < -0.3 is 4.74 Å². The number of hydrogen-bond acceptors (Lipinski definition) is 9. The summed E-state index contributed by atoms with van der Waals surface area (Å²) in [5, 5.41) is 26.5. The monoisotopic (exact) mass is 244 g/mol. The van der Waals surface area contributed by atoms with Crippen LogP contribution in [0, 0.1) is 22.7 Å². The number of hydrazine groups is 1. The first kappa shape index (κ1) is 11.7. The van der Waals surface area contributed by atoms with Crippen molar-refractivity contribution in [2.75, 3.05) is 18.8 Å². The van der Waals surface area contributed by atoms with Gasteiger partial charge in [0.2, 0.25) is 11.9 Å². The Kier molecular flexibility index (Phi) is 3.27. The first-order chi connectivity index (χ1) is 8.80. The predicted molar refractivity (Wildman–Crippen MR) is 58.9 cm³/mol. The molecular weight excluding hydrogens is 236 g/mol. The third kappa shape index (κ3) is 2.03. The molecule has 9 nitrogen and oxygen atoms in total. The number of aliphatic imine (C=N–C) groups is 1. The third-order valence-corrected chi connectivity index (χ3v) is 2.20. The highest BCUT2D eigenvalue weighted by Gasteiger charge is 2.29. The van der Waals surface area contributed by atoms with Crippen molar-refractivity contribution in [2.45, 2.75) is 6.04 Å². The Hall–Kier alpha value is -2.78. The summed E-state index contributed by atoms with van der Waals surface area (Å²) in [7, 11) is 1.44. The largest absolute Gasteiger partial charge is 0.482 e. The fourth-order valence-electron chi connectivity index (χ4n) is 1.41. The van der Waals surface area contributed by atoms with Crippen LogP contribution in [0.3, 0.4) is 0 Å². The van der Waals surface area contributed by atoms with Crippen LogP contribution < -0.4 is 10.4 Å². The van der Waals surface area contributed by atoms with Gasteiger partial charge in [0.1, 0.15) is 12.7 Å². The molecule has 1 aliphatic heterocycles. The van der Waals surface area contributed by atoms with Gasteiger partial charge in [-0.05, 0) is 0 Å². The van der Waals surface area contributed by atoms with Crippen LogP contribution in [0.15, 0.2) is 11.2 Å². The van der Waals surface area contributed by atoms with E-state index in [4.69, 9.17) is 15.3 Å². The van der Waals surface area contributed by atoms with Gasteiger partial charge in [-0.25, -0.2) is 15.4 Å². The number of nitriles is 2. The van der Waals surface area contributed by atoms with Crippen LogP contribution in [0.5, 0.6) is 0 Å². The van der Waals surface area contributed by atoms with Gasteiger partial charge in [-0.1, -0.05) is 0 Å². The first-order valence-electron chi connectivity index (χ1n) is 4.90. The normalized spacial score (nSPS) is 18.5. The van der Waals surface area contributed by atoms with Gasteiger partial charge in [0.05, 0.1) is 19.4 Å². The van der Waals surface area contributed by atoms with Crippen molar-refractivity contribution in [3.05, 3.63) is 12.0 Å².